The number of furan rings is 1. The highest BCUT2D eigenvalue weighted by molar-refractivity contribution is 8.00. The summed E-state index contributed by atoms with van der Waals surface area (Å²) >= 11 is 3.10. The molecule has 1 unspecified atom stereocenters. The number of hydrogen-bond acceptors (Lipinski definition) is 7. The number of fused-ring (bicyclic) bond motifs is 1. The Morgan fingerprint density at radius 1 is 1.38 bits per heavy atom. The van der Waals surface area contributed by atoms with Crippen molar-refractivity contribution in [2.24, 2.45) is 0 Å². The van der Waals surface area contributed by atoms with E-state index >= 15 is 0 Å². The number of ether oxygens (including phenoxy) is 1. The Kier molecular flexibility index (Phi) is 6.29. The smallest absolute Gasteiger partial charge is 0.287 e. The van der Waals surface area contributed by atoms with Gasteiger partial charge in [-0.05, 0) is 19.4 Å². The first-order valence-corrected chi connectivity index (χ1v) is 10.2. The summed E-state index contributed by atoms with van der Waals surface area (Å²) in [6.07, 6.45) is 0.786. The Balaban J connectivity index is 1.87. The zero-order valence-electron chi connectivity index (χ0n) is 14.9. The highest BCUT2D eigenvalue weighted by Gasteiger charge is 2.22. The normalized spacial score (nSPS) is 12.4. The van der Waals surface area contributed by atoms with Crippen molar-refractivity contribution in [1.82, 2.24) is 15.5 Å². The average Bonchev–Trinajstić information content (AvgIpc) is 3.22. The summed E-state index contributed by atoms with van der Waals surface area (Å²) in [4.78, 5) is 12.8. The number of rotatable bonds is 8. The van der Waals surface area contributed by atoms with Crippen LogP contribution in [-0.4, -0.2) is 35.9 Å². The predicted octanol–water partition coefficient (Wildman–Crippen LogP) is 4.04. The molecule has 138 valence electrons. The summed E-state index contributed by atoms with van der Waals surface area (Å²) in [6, 6.07) is 7.65. The lowest BCUT2D eigenvalue weighted by Crippen LogP contribution is -2.37. The molecule has 0 radical (unpaired) electrons. The number of carbonyl (C=O) groups excluding carboxylic acids is 1. The predicted molar refractivity (Wildman–Crippen MR) is 104 cm³/mol. The van der Waals surface area contributed by atoms with Gasteiger partial charge < -0.3 is 14.5 Å². The quantitative estimate of drug-likeness (QED) is 0.584. The van der Waals surface area contributed by atoms with Crippen LogP contribution in [0.4, 0.5) is 0 Å². The molecule has 8 heteroatoms. The van der Waals surface area contributed by atoms with Crippen LogP contribution in [0.5, 0.6) is 0 Å². The van der Waals surface area contributed by atoms with Gasteiger partial charge in [-0.25, -0.2) is 0 Å². The number of nitrogens with zero attached hydrogens (tertiary/aromatic N) is 2. The number of aryl methyl sites for hydroxylation is 1. The van der Waals surface area contributed by atoms with E-state index in [2.05, 4.69) is 15.5 Å². The van der Waals surface area contributed by atoms with Crippen LogP contribution in [0.25, 0.3) is 11.0 Å². The molecule has 2 heterocycles. The lowest BCUT2D eigenvalue weighted by Gasteiger charge is -2.15. The third-order valence-corrected chi connectivity index (χ3v) is 5.95. The highest BCUT2D eigenvalue weighted by Crippen LogP contribution is 2.33. The fourth-order valence-corrected chi connectivity index (χ4v) is 4.45. The molecular formula is C18H21N3O3S2. The van der Waals surface area contributed by atoms with E-state index in [0.717, 1.165) is 26.7 Å². The van der Waals surface area contributed by atoms with Gasteiger partial charge in [-0.3, -0.25) is 4.79 Å². The molecule has 1 atom stereocenters. The van der Waals surface area contributed by atoms with E-state index in [4.69, 9.17) is 9.15 Å². The maximum Gasteiger partial charge on any atom is 0.287 e. The number of aromatic nitrogens is 2. The van der Waals surface area contributed by atoms with Crippen LogP contribution in [-0.2, 0) is 10.5 Å². The number of benzene rings is 1. The Hall–Kier alpha value is -1.90. The molecule has 0 aliphatic heterocycles. The van der Waals surface area contributed by atoms with Gasteiger partial charge in [-0.1, -0.05) is 48.2 Å². The number of carbonyl (C=O) groups is 1. The van der Waals surface area contributed by atoms with Crippen molar-refractivity contribution in [3.05, 3.63) is 40.6 Å². The summed E-state index contributed by atoms with van der Waals surface area (Å²) in [6.45, 7) is 4.41. The van der Waals surface area contributed by atoms with Crippen LogP contribution in [0.15, 0.2) is 33.0 Å². The first-order valence-electron chi connectivity index (χ1n) is 8.35. The largest absolute Gasteiger partial charge is 0.451 e. The minimum atomic E-state index is -0.214. The molecule has 3 rings (SSSR count). The summed E-state index contributed by atoms with van der Waals surface area (Å²) < 4.78 is 11.9. The fraction of sp³-hybridized carbons (Fsp3) is 0.389. The van der Waals surface area contributed by atoms with E-state index in [9.17, 15) is 4.79 Å². The third-order valence-electron chi connectivity index (χ3n) is 3.95. The molecule has 26 heavy (non-hydrogen) atoms. The van der Waals surface area contributed by atoms with Gasteiger partial charge in [-0.2, -0.15) is 0 Å². The summed E-state index contributed by atoms with van der Waals surface area (Å²) in [5.74, 6) is 0.735. The SMILES string of the molecule is CCC(COC)NC(=O)c1oc2ccccc2c1CSc1nnc(C)s1. The Morgan fingerprint density at radius 3 is 2.88 bits per heavy atom. The van der Waals surface area contributed by atoms with Gasteiger partial charge in [0.25, 0.3) is 5.91 Å². The lowest BCUT2D eigenvalue weighted by atomic mass is 10.1. The Labute approximate surface area is 160 Å². The van der Waals surface area contributed by atoms with Crippen molar-refractivity contribution in [3.8, 4) is 0 Å². The molecule has 1 amide bonds. The van der Waals surface area contributed by atoms with Crippen molar-refractivity contribution in [3.63, 3.8) is 0 Å². The minimum absolute atomic E-state index is 0.0490. The standard InChI is InChI=1S/C18H21N3O3S2/c1-4-12(9-23-3)19-17(22)16-14(10-25-18-21-20-11(2)26-18)13-7-5-6-8-15(13)24-16/h5-8,12H,4,9-10H2,1-3H3,(H,19,22). The van der Waals surface area contributed by atoms with E-state index in [1.54, 1.807) is 30.2 Å². The van der Waals surface area contributed by atoms with Gasteiger partial charge in [0.15, 0.2) is 10.1 Å². The van der Waals surface area contributed by atoms with Crippen molar-refractivity contribution in [2.45, 2.75) is 36.4 Å². The van der Waals surface area contributed by atoms with E-state index in [-0.39, 0.29) is 11.9 Å². The Morgan fingerprint density at radius 2 is 2.19 bits per heavy atom. The van der Waals surface area contributed by atoms with Crippen molar-refractivity contribution >= 4 is 40.0 Å². The van der Waals surface area contributed by atoms with Crippen LogP contribution in [0.1, 0.15) is 34.5 Å². The van der Waals surface area contributed by atoms with Crippen molar-refractivity contribution < 1.29 is 13.9 Å². The second kappa shape index (κ2) is 8.66. The van der Waals surface area contributed by atoms with Gasteiger partial charge in [0.05, 0.1) is 12.6 Å². The third kappa shape index (κ3) is 4.25. The first kappa shape index (κ1) is 18.9. The monoisotopic (exact) mass is 391 g/mol. The topological polar surface area (TPSA) is 77.2 Å². The molecule has 0 fully saturated rings. The number of amides is 1. The van der Waals surface area contributed by atoms with Crippen LogP contribution in [0.2, 0.25) is 0 Å². The van der Waals surface area contributed by atoms with Crippen LogP contribution in [0.3, 0.4) is 0 Å². The van der Waals surface area contributed by atoms with Crippen molar-refractivity contribution in [1.29, 1.82) is 0 Å². The number of methoxy groups -OCH3 is 1. The van der Waals surface area contributed by atoms with Crippen molar-refractivity contribution in [2.75, 3.05) is 13.7 Å². The number of nitrogens with one attached hydrogen (secondary N) is 1. The second-order valence-corrected chi connectivity index (χ2v) is 8.22. The van der Waals surface area contributed by atoms with Gasteiger partial charge in [0, 0.05) is 23.8 Å². The van der Waals surface area contributed by atoms with Crippen LogP contribution >= 0.6 is 23.1 Å². The number of para-hydroxylation sites is 1. The molecule has 1 aromatic carbocycles. The molecule has 6 nitrogen and oxygen atoms in total. The van der Waals surface area contributed by atoms with Crippen LogP contribution < -0.4 is 5.32 Å². The van der Waals surface area contributed by atoms with E-state index < -0.39 is 0 Å². The van der Waals surface area contributed by atoms with E-state index in [1.807, 2.05) is 38.1 Å². The molecule has 0 saturated heterocycles. The molecule has 3 aromatic rings. The molecule has 0 bridgehead atoms. The van der Waals surface area contributed by atoms with E-state index in [0.29, 0.717) is 23.7 Å². The molecule has 0 spiro atoms. The van der Waals surface area contributed by atoms with Gasteiger partial charge in [-0.15, -0.1) is 10.2 Å². The molecule has 0 aliphatic rings. The summed E-state index contributed by atoms with van der Waals surface area (Å²) in [5.41, 5.74) is 1.59. The minimum Gasteiger partial charge on any atom is -0.451 e. The zero-order valence-corrected chi connectivity index (χ0v) is 16.6. The van der Waals surface area contributed by atoms with E-state index in [1.165, 1.54) is 0 Å². The first-order chi connectivity index (χ1) is 12.6. The number of thioether (sulfide) groups is 1. The zero-order chi connectivity index (χ0) is 18.5. The van der Waals surface area contributed by atoms with Gasteiger partial charge in [0.2, 0.25) is 0 Å². The van der Waals surface area contributed by atoms with Gasteiger partial charge >= 0.3 is 0 Å². The molecule has 2 aromatic heterocycles. The molecule has 0 aliphatic carbocycles. The molecule has 1 N–H and O–H groups in total. The van der Waals surface area contributed by atoms with Gasteiger partial charge in [0.1, 0.15) is 10.6 Å². The second-order valence-electron chi connectivity index (χ2n) is 5.82. The molecule has 0 saturated carbocycles. The average molecular weight is 392 g/mol. The highest BCUT2D eigenvalue weighted by atomic mass is 32.2. The number of hydrogen-bond donors (Lipinski definition) is 1. The fourth-order valence-electron chi connectivity index (χ4n) is 2.61. The summed E-state index contributed by atoms with van der Waals surface area (Å²) in [7, 11) is 1.63. The Bertz CT molecular complexity index is 891. The lowest BCUT2D eigenvalue weighted by molar-refractivity contribution is 0.0868. The maximum absolute atomic E-state index is 12.8. The van der Waals surface area contributed by atoms with Crippen LogP contribution in [0, 0.1) is 6.92 Å². The molecular weight excluding hydrogens is 370 g/mol. The summed E-state index contributed by atoms with van der Waals surface area (Å²) in [5, 5.41) is 13.0. The maximum atomic E-state index is 12.8.